The van der Waals surface area contributed by atoms with Gasteiger partial charge in [-0.1, -0.05) is 19.1 Å². The molecule has 0 bridgehead atoms. The molecular weight excluding hydrogens is 372 g/mol. The normalized spacial score (nSPS) is 16.3. The molecule has 1 fully saturated rings. The van der Waals surface area contributed by atoms with Crippen LogP contribution in [-0.4, -0.2) is 37.3 Å². The molecule has 1 saturated heterocycles. The molecule has 1 heterocycles. The Morgan fingerprint density at radius 3 is 2.64 bits per heavy atom. The van der Waals surface area contributed by atoms with Crippen molar-refractivity contribution in [2.45, 2.75) is 25.2 Å². The summed E-state index contributed by atoms with van der Waals surface area (Å²) >= 11 is 1.66. The molecule has 2 amide bonds. The Balaban J connectivity index is 1.58. The minimum atomic E-state index is -0.0801. The van der Waals surface area contributed by atoms with Crippen LogP contribution >= 0.6 is 11.8 Å². The fraction of sp³-hybridized carbons (Fsp3) is 0.364. The van der Waals surface area contributed by atoms with E-state index in [-0.39, 0.29) is 17.7 Å². The van der Waals surface area contributed by atoms with Gasteiger partial charge in [-0.2, -0.15) is 0 Å². The summed E-state index contributed by atoms with van der Waals surface area (Å²) in [5, 5.41) is 3.01. The van der Waals surface area contributed by atoms with E-state index in [1.165, 1.54) is 0 Å². The first kappa shape index (κ1) is 20.3. The zero-order valence-electron chi connectivity index (χ0n) is 16.3. The highest BCUT2D eigenvalue weighted by Gasteiger charge is 2.31. The summed E-state index contributed by atoms with van der Waals surface area (Å²) in [5.74, 6) is 1.83. The predicted octanol–water partition coefficient (Wildman–Crippen LogP) is 3.98. The Labute approximate surface area is 170 Å². The number of nitrogens with one attached hydrogen (secondary N) is 1. The lowest BCUT2D eigenvalue weighted by Crippen LogP contribution is -2.31. The van der Waals surface area contributed by atoms with E-state index in [4.69, 9.17) is 4.74 Å². The molecule has 6 heteroatoms. The number of ether oxygens (including phenoxy) is 1. The number of amides is 2. The van der Waals surface area contributed by atoms with Crippen LogP contribution < -0.4 is 15.0 Å². The Morgan fingerprint density at radius 1 is 1.18 bits per heavy atom. The number of hydrogen-bond acceptors (Lipinski definition) is 4. The van der Waals surface area contributed by atoms with Gasteiger partial charge in [-0.3, -0.25) is 9.59 Å². The van der Waals surface area contributed by atoms with Crippen LogP contribution in [0.2, 0.25) is 0 Å². The highest BCUT2D eigenvalue weighted by atomic mass is 32.2. The van der Waals surface area contributed by atoms with Crippen molar-refractivity contribution < 1.29 is 14.3 Å². The highest BCUT2D eigenvalue weighted by molar-refractivity contribution is 7.99. The van der Waals surface area contributed by atoms with Gasteiger partial charge in [-0.05, 0) is 49.1 Å². The molecule has 148 valence electrons. The Kier molecular flexibility index (Phi) is 6.98. The van der Waals surface area contributed by atoms with Crippen molar-refractivity contribution in [1.82, 2.24) is 5.32 Å². The molecular formula is C22H26N2O3S. The van der Waals surface area contributed by atoms with E-state index in [9.17, 15) is 9.59 Å². The molecule has 0 aromatic heterocycles. The third-order valence-corrected chi connectivity index (χ3v) is 5.60. The summed E-state index contributed by atoms with van der Waals surface area (Å²) in [6.07, 6.45) is 0.443. The maximum atomic E-state index is 12.6. The molecule has 1 unspecified atom stereocenters. The first-order valence-corrected chi connectivity index (χ1v) is 10.6. The van der Waals surface area contributed by atoms with Gasteiger partial charge in [0.25, 0.3) is 5.91 Å². The predicted molar refractivity (Wildman–Crippen MR) is 113 cm³/mol. The van der Waals surface area contributed by atoms with Gasteiger partial charge in [0.15, 0.2) is 0 Å². The van der Waals surface area contributed by atoms with Crippen molar-refractivity contribution in [2.75, 3.05) is 30.3 Å². The van der Waals surface area contributed by atoms with Crippen molar-refractivity contribution in [3.63, 3.8) is 0 Å². The first-order chi connectivity index (χ1) is 13.6. The van der Waals surface area contributed by atoms with Gasteiger partial charge in [0.2, 0.25) is 5.91 Å². The quantitative estimate of drug-likeness (QED) is 0.684. The lowest BCUT2D eigenvalue weighted by atomic mass is 10.1. The van der Waals surface area contributed by atoms with Crippen molar-refractivity contribution in [3.8, 4) is 5.75 Å². The average Bonchev–Trinajstić information content (AvgIpc) is 3.08. The van der Waals surface area contributed by atoms with E-state index in [1.807, 2.05) is 55.5 Å². The molecule has 3 rings (SSSR count). The summed E-state index contributed by atoms with van der Waals surface area (Å²) in [4.78, 5) is 27.8. The van der Waals surface area contributed by atoms with Crippen LogP contribution in [0.1, 0.15) is 30.6 Å². The fourth-order valence-corrected chi connectivity index (χ4v) is 4.13. The zero-order chi connectivity index (χ0) is 19.9. The zero-order valence-corrected chi connectivity index (χ0v) is 17.1. The summed E-state index contributed by atoms with van der Waals surface area (Å²) in [5.41, 5.74) is 1.56. The average molecular weight is 399 g/mol. The third kappa shape index (κ3) is 4.87. The van der Waals surface area contributed by atoms with E-state index >= 15 is 0 Å². The van der Waals surface area contributed by atoms with Crippen LogP contribution in [0.15, 0.2) is 53.4 Å². The summed E-state index contributed by atoms with van der Waals surface area (Å²) < 4.78 is 5.45. The standard InChI is InChI=1S/C22H26N2O3S/c1-3-27-18-11-9-17(10-12-18)24-15-16(13-21(24)25)14-23-22(26)19-7-5-6-8-20(19)28-4-2/h5-12,16H,3-4,13-15H2,1-2H3,(H,23,26). The Bertz CT molecular complexity index is 823. The van der Waals surface area contributed by atoms with Gasteiger partial charge in [-0.25, -0.2) is 0 Å². The maximum absolute atomic E-state index is 12.6. The van der Waals surface area contributed by atoms with E-state index in [1.54, 1.807) is 16.7 Å². The lowest BCUT2D eigenvalue weighted by molar-refractivity contribution is -0.117. The highest BCUT2D eigenvalue weighted by Crippen LogP contribution is 2.27. The molecule has 0 saturated carbocycles. The summed E-state index contributed by atoms with van der Waals surface area (Å²) in [6.45, 7) is 5.72. The van der Waals surface area contributed by atoms with Gasteiger partial charge >= 0.3 is 0 Å². The van der Waals surface area contributed by atoms with E-state index < -0.39 is 0 Å². The van der Waals surface area contributed by atoms with Gasteiger partial charge in [0.1, 0.15) is 5.75 Å². The SMILES string of the molecule is CCOc1ccc(N2CC(CNC(=O)c3ccccc3SCC)CC2=O)cc1. The molecule has 5 nitrogen and oxygen atoms in total. The first-order valence-electron chi connectivity index (χ1n) is 9.65. The van der Waals surface area contributed by atoms with Gasteiger partial charge < -0.3 is 15.0 Å². The molecule has 1 N–H and O–H groups in total. The molecule has 0 radical (unpaired) electrons. The van der Waals surface area contributed by atoms with Crippen molar-refractivity contribution in [2.24, 2.45) is 5.92 Å². The maximum Gasteiger partial charge on any atom is 0.252 e. The number of thioether (sulfide) groups is 1. The summed E-state index contributed by atoms with van der Waals surface area (Å²) in [7, 11) is 0. The van der Waals surface area contributed by atoms with Crippen LogP contribution in [0.25, 0.3) is 0 Å². The minimum Gasteiger partial charge on any atom is -0.494 e. The molecule has 2 aromatic carbocycles. The number of benzene rings is 2. The van der Waals surface area contributed by atoms with Crippen LogP contribution in [0.4, 0.5) is 5.69 Å². The Hall–Kier alpha value is -2.47. The third-order valence-electron chi connectivity index (χ3n) is 4.65. The lowest BCUT2D eigenvalue weighted by Gasteiger charge is -2.17. The second-order valence-electron chi connectivity index (χ2n) is 6.64. The monoisotopic (exact) mass is 398 g/mol. The molecule has 0 aliphatic carbocycles. The van der Waals surface area contributed by atoms with Crippen molar-refractivity contribution in [1.29, 1.82) is 0 Å². The van der Waals surface area contributed by atoms with Gasteiger partial charge in [0, 0.05) is 36.0 Å². The second-order valence-corrected chi connectivity index (χ2v) is 7.95. The number of carbonyl (C=O) groups is 2. The van der Waals surface area contributed by atoms with Crippen LogP contribution in [-0.2, 0) is 4.79 Å². The fourth-order valence-electron chi connectivity index (χ4n) is 3.32. The molecule has 1 atom stereocenters. The second kappa shape index (κ2) is 9.64. The van der Waals surface area contributed by atoms with Crippen molar-refractivity contribution >= 4 is 29.3 Å². The number of anilines is 1. The molecule has 2 aromatic rings. The smallest absolute Gasteiger partial charge is 0.252 e. The minimum absolute atomic E-state index is 0.0801. The number of hydrogen-bond donors (Lipinski definition) is 1. The van der Waals surface area contributed by atoms with Crippen LogP contribution in [0.3, 0.4) is 0 Å². The van der Waals surface area contributed by atoms with E-state index in [0.717, 1.165) is 22.1 Å². The largest absolute Gasteiger partial charge is 0.494 e. The van der Waals surface area contributed by atoms with Crippen molar-refractivity contribution in [3.05, 3.63) is 54.1 Å². The van der Waals surface area contributed by atoms with Crippen LogP contribution in [0, 0.1) is 5.92 Å². The van der Waals surface area contributed by atoms with Crippen LogP contribution in [0.5, 0.6) is 5.75 Å². The Morgan fingerprint density at radius 2 is 1.93 bits per heavy atom. The summed E-state index contributed by atoms with van der Waals surface area (Å²) in [6, 6.07) is 15.2. The topological polar surface area (TPSA) is 58.6 Å². The number of rotatable bonds is 8. The number of carbonyl (C=O) groups excluding carboxylic acids is 2. The van der Waals surface area contributed by atoms with E-state index in [0.29, 0.717) is 31.7 Å². The van der Waals surface area contributed by atoms with E-state index in [2.05, 4.69) is 12.2 Å². The molecule has 28 heavy (non-hydrogen) atoms. The molecule has 1 aliphatic rings. The molecule has 0 spiro atoms. The number of nitrogens with zero attached hydrogens (tertiary/aromatic N) is 1. The molecule has 1 aliphatic heterocycles. The van der Waals surface area contributed by atoms with Gasteiger partial charge in [-0.15, -0.1) is 11.8 Å². The van der Waals surface area contributed by atoms with Gasteiger partial charge in [0.05, 0.1) is 12.2 Å².